The van der Waals surface area contributed by atoms with E-state index in [1.807, 2.05) is 0 Å². The van der Waals surface area contributed by atoms with Crippen molar-refractivity contribution in [1.29, 1.82) is 0 Å². The molecule has 1 aliphatic carbocycles. The fourth-order valence-electron chi connectivity index (χ4n) is 5.08. The van der Waals surface area contributed by atoms with Crippen molar-refractivity contribution in [3.05, 3.63) is 30.3 Å². The molecule has 152 valence electrons. The first kappa shape index (κ1) is 22.3. The standard InChI is InChI=1S/C21H31N3O.2ClH/c1-23(17-8-3-2-4-9-17)18-11-13-24(14-12-18)21(25)20-15-16-7-5-6-10-19(16)22-20;;/h2-4,8-9,16,18-20,22H,5-7,10-15H2,1H3;2*1H. The zero-order valence-corrected chi connectivity index (χ0v) is 17.8. The van der Waals surface area contributed by atoms with Crippen LogP contribution in [0.2, 0.25) is 0 Å². The molecule has 1 aromatic carbocycles. The SMILES string of the molecule is CN(c1ccccc1)C1CCN(C(=O)C2CC3CCCCC3N2)CC1.Cl.Cl. The maximum absolute atomic E-state index is 12.9. The number of rotatable bonds is 3. The molecular weight excluding hydrogens is 381 g/mol. The molecule has 4 rings (SSSR count). The van der Waals surface area contributed by atoms with Gasteiger partial charge in [-0.05, 0) is 50.2 Å². The summed E-state index contributed by atoms with van der Waals surface area (Å²) in [5.41, 5.74) is 1.27. The van der Waals surface area contributed by atoms with E-state index in [0.717, 1.165) is 38.3 Å². The van der Waals surface area contributed by atoms with Gasteiger partial charge in [-0.3, -0.25) is 4.79 Å². The van der Waals surface area contributed by atoms with Gasteiger partial charge < -0.3 is 15.1 Å². The van der Waals surface area contributed by atoms with Crippen molar-refractivity contribution in [1.82, 2.24) is 10.2 Å². The van der Waals surface area contributed by atoms with E-state index in [2.05, 4.69) is 52.5 Å². The van der Waals surface area contributed by atoms with Crippen molar-refractivity contribution in [3.8, 4) is 0 Å². The summed E-state index contributed by atoms with van der Waals surface area (Å²) in [6.45, 7) is 1.79. The van der Waals surface area contributed by atoms with E-state index in [0.29, 0.717) is 18.0 Å². The molecule has 1 N–H and O–H groups in total. The van der Waals surface area contributed by atoms with Gasteiger partial charge in [0.05, 0.1) is 6.04 Å². The lowest BCUT2D eigenvalue weighted by atomic mass is 9.85. The first-order valence-electron chi connectivity index (χ1n) is 10.0. The van der Waals surface area contributed by atoms with E-state index < -0.39 is 0 Å². The van der Waals surface area contributed by atoms with Crippen LogP contribution in [0.3, 0.4) is 0 Å². The molecule has 3 fully saturated rings. The van der Waals surface area contributed by atoms with Crippen LogP contribution >= 0.6 is 24.8 Å². The second kappa shape index (κ2) is 9.99. The van der Waals surface area contributed by atoms with Crippen LogP contribution in [-0.4, -0.2) is 49.1 Å². The zero-order chi connectivity index (χ0) is 17.2. The van der Waals surface area contributed by atoms with Crippen LogP contribution in [0.4, 0.5) is 5.69 Å². The highest BCUT2D eigenvalue weighted by Gasteiger charge is 2.40. The molecule has 2 saturated heterocycles. The molecule has 0 spiro atoms. The zero-order valence-electron chi connectivity index (χ0n) is 16.2. The Bertz CT molecular complexity index is 578. The molecule has 0 bridgehead atoms. The summed E-state index contributed by atoms with van der Waals surface area (Å²) in [6, 6.07) is 11.8. The number of hydrogen-bond donors (Lipinski definition) is 1. The van der Waals surface area contributed by atoms with Crippen molar-refractivity contribution in [3.63, 3.8) is 0 Å². The summed E-state index contributed by atoms with van der Waals surface area (Å²) in [4.78, 5) is 17.4. The highest BCUT2D eigenvalue weighted by Crippen LogP contribution is 2.34. The van der Waals surface area contributed by atoms with Crippen LogP contribution in [-0.2, 0) is 4.79 Å². The molecule has 1 amide bonds. The number of fused-ring (bicyclic) bond motifs is 1. The van der Waals surface area contributed by atoms with Gasteiger partial charge in [-0.2, -0.15) is 0 Å². The molecule has 2 aliphatic heterocycles. The van der Waals surface area contributed by atoms with E-state index in [1.54, 1.807) is 0 Å². The molecule has 1 saturated carbocycles. The predicted octanol–water partition coefficient (Wildman–Crippen LogP) is 3.88. The van der Waals surface area contributed by atoms with Gasteiger partial charge in [0.1, 0.15) is 0 Å². The van der Waals surface area contributed by atoms with Gasteiger partial charge in [-0.25, -0.2) is 0 Å². The van der Waals surface area contributed by atoms with Crippen molar-refractivity contribution in [2.45, 2.75) is 63.1 Å². The second-order valence-electron chi connectivity index (χ2n) is 8.11. The second-order valence-corrected chi connectivity index (χ2v) is 8.11. The van der Waals surface area contributed by atoms with Crippen LogP contribution in [0, 0.1) is 5.92 Å². The van der Waals surface area contributed by atoms with E-state index >= 15 is 0 Å². The van der Waals surface area contributed by atoms with Gasteiger partial charge >= 0.3 is 0 Å². The summed E-state index contributed by atoms with van der Waals surface area (Å²) in [6.07, 6.45) is 8.44. The molecule has 3 aliphatic rings. The van der Waals surface area contributed by atoms with Crippen LogP contribution < -0.4 is 10.2 Å². The smallest absolute Gasteiger partial charge is 0.239 e. The van der Waals surface area contributed by atoms with Gasteiger partial charge in [-0.1, -0.05) is 31.0 Å². The average molecular weight is 414 g/mol. The first-order chi connectivity index (χ1) is 12.2. The Kier molecular flexibility index (Phi) is 8.26. The summed E-state index contributed by atoms with van der Waals surface area (Å²) < 4.78 is 0. The molecule has 0 aromatic heterocycles. The Morgan fingerprint density at radius 3 is 2.37 bits per heavy atom. The third kappa shape index (κ3) is 4.90. The Hall–Kier alpha value is -0.970. The number of piperidine rings is 1. The van der Waals surface area contributed by atoms with E-state index in [-0.39, 0.29) is 30.9 Å². The first-order valence-corrected chi connectivity index (χ1v) is 10.0. The quantitative estimate of drug-likeness (QED) is 0.816. The summed E-state index contributed by atoms with van der Waals surface area (Å²) >= 11 is 0. The number of nitrogens with zero attached hydrogens (tertiary/aromatic N) is 2. The highest BCUT2D eigenvalue weighted by atomic mass is 35.5. The normalized spacial score (nSPS) is 27.9. The molecule has 3 unspecified atom stereocenters. The Morgan fingerprint density at radius 2 is 1.70 bits per heavy atom. The van der Waals surface area contributed by atoms with E-state index in [1.165, 1.54) is 31.4 Å². The largest absolute Gasteiger partial charge is 0.371 e. The number of halogens is 2. The number of amides is 1. The topological polar surface area (TPSA) is 35.6 Å². The highest BCUT2D eigenvalue weighted by molar-refractivity contribution is 5.85. The van der Waals surface area contributed by atoms with Crippen molar-refractivity contribution >= 4 is 36.4 Å². The minimum absolute atomic E-state index is 0. The molecule has 2 heterocycles. The van der Waals surface area contributed by atoms with Gasteiger partial charge in [0.25, 0.3) is 0 Å². The van der Waals surface area contributed by atoms with Gasteiger partial charge in [0, 0.05) is 37.9 Å². The summed E-state index contributed by atoms with van der Waals surface area (Å²) in [5, 5.41) is 3.65. The fourth-order valence-corrected chi connectivity index (χ4v) is 5.08. The molecule has 4 nitrogen and oxygen atoms in total. The van der Waals surface area contributed by atoms with Crippen molar-refractivity contribution in [2.24, 2.45) is 5.92 Å². The number of para-hydroxylation sites is 1. The number of carbonyl (C=O) groups excluding carboxylic acids is 1. The number of hydrogen-bond acceptors (Lipinski definition) is 3. The van der Waals surface area contributed by atoms with E-state index in [4.69, 9.17) is 0 Å². The maximum atomic E-state index is 12.9. The van der Waals surface area contributed by atoms with Crippen LogP contribution in [0.1, 0.15) is 44.9 Å². The molecule has 1 aromatic rings. The van der Waals surface area contributed by atoms with Crippen LogP contribution in [0.25, 0.3) is 0 Å². The fraction of sp³-hybridized carbons (Fsp3) is 0.667. The lowest BCUT2D eigenvalue weighted by Gasteiger charge is -2.38. The summed E-state index contributed by atoms with van der Waals surface area (Å²) in [5.74, 6) is 1.10. The Labute approximate surface area is 175 Å². The molecule has 0 radical (unpaired) electrons. The third-order valence-electron chi connectivity index (χ3n) is 6.65. The van der Waals surface area contributed by atoms with Gasteiger partial charge in [-0.15, -0.1) is 24.8 Å². The molecule has 27 heavy (non-hydrogen) atoms. The monoisotopic (exact) mass is 413 g/mol. The van der Waals surface area contributed by atoms with Crippen LogP contribution in [0.5, 0.6) is 0 Å². The molecular formula is C21H33Cl2N3O. The molecule has 3 atom stereocenters. The molecule has 6 heteroatoms. The lowest BCUT2D eigenvalue weighted by Crippen LogP contribution is -2.51. The minimum Gasteiger partial charge on any atom is -0.371 e. The number of anilines is 1. The number of carbonyl (C=O) groups is 1. The Morgan fingerprint density at radius 1 is 1.04 bits per heavy atom. The minimum atomic E-state index is 0. The number of likely N-dealkylation sites (tertiary alicyclic amines) is 1. The van der Waals surface area contributed by atoms with Crippen LogP contribution in [0.15, 0.2) is 30.3 Å². The van der Waals surface area contributed by atoms with Crippen molar-refractivity contribution in [2.75, 3.05) is 25.0 Å². The summed E-state index contributed by atoms with van der Waals surface area (Å²) in [7, 11) is 2.18. The maximum Gasteiger partial charge on any atom is 0.239 e. The van der Waals surface area contributed by atoms with E-state index in [9.17, 15) is 4.79 Å². The Balaban J connectivity index is 0.00000131. The average Bonchev–Trinajstić information content (AvgIpc) is 3.12. The van der Waals surface area contributed by atoms with Crippen molar-refractivity contribution < 1.29 is 4.79 Å². The number of nitrogens with one attached hydrogen (secondary N) is 1. The third-order valence-corrected chi connectivity index (χ3v) is 6.65. The number of benzene rings is 1. The van der Waals surface area contributed by atoms with Gasteiger partial charge in [0.2, 0.25) is 5.91 Å². The predicted molar refractivity (Wildman–Crippen MR) is 116 cm³/mol. The lowest BCUT2D eigenvalue weighted by molar-refractivity contribution is -0.134. The van der Waals surface area contributed by atoms with Gasteiger partial charge in [0.15, 0.2) is 0 Å².